The average Bonchev–Trinajstić information content (AvgIpc) is 3.81. The molecule has 1 aliphatic heterocycles. The van der Waals surface area contributed by atoms with Gasteiger partial charge in [-0.1, -0.05) is 106 Å². The first-order chi connectivity index (χ1) is 23.7. The van der Waals surface area contributed by atoms with Gasteiger partial charge >= 0.3 is 75.7 Å². The van der Waals surface area contributed by atoms with Crippen LogP contribution >= 0.6 is 34.1 Å². The van der Waals surface area contributed by atoms with E-state index in [1.165, 1.54) is 0 Å². The van der Waals surface area contributed by atoms with Crippen LogP contribution in [0.4, 0.5) is 0 Å². The molecule has 0 bridgehead atoms. The molecule has 276 valence electrons. The summed E-state index contributed by atoms with van der Waals surface area (Å²) in [6, 6.07) is 33.5. The quantitative estimate of drug-likeness (QED) is 0.146. The molecule has 0 unspecified atom stereocenters. The van der Waals surface area contributed by atoms with Crippen LogP contribution in [0.5, 0.6) is 11.5 Å². The third-order valence-corrected chi connectivity index (χ3v) is 7.07. The first kappa shape index (κ1) is 47.7. The van der Waals surface area contributed by atoms with Crippen LogP contribution in [0, 0.1) is 0 Å². The summed E-state index contributed by atoms with van der Waals surface area (Å²) in [5.74, 6) is 1.75. The summed E-state index contributed by atoms with van der Waals surface area (Å²) >= 11 is -1.65. The molecule has 1 aliphatic rings. The number of hydrogen-bond acceptors (Lipinski definition) is 1. The van der Waals surface area contributed by atoms with E-state index in [1.807, 2.05) is 60.7 Å². The van der Waals surface area contributed by atoms with E-state index in [0.717, 1.165) is 33.8 Å². The van der Waals surface area contributed by atoms with Crippen LogP contribution in [-0.2, 0) is 47.1 Å². The maximum absolute atomic E-state index is 6.82. The number of rotatable bonds is 10. The van der Waals surface area contributed by atoms with E-state index < -0.39 is 41.7 Å². The number of benzene rings is 2. The number of para-hydroxylation sites is 2. The van der Waals surface area contributed by atoms with Gasteiger partial charge in [-0.15, -0.1) is 24.2 Å². The minimum atomic E-state index is -0.826. The molecule has 0 spiro atoms. The molecule has 1 heterocycles. The molecule has 0 amide bonds. The first-order valence-electron chi connectivity index (χ1n) is 16.7. The van der Waals surface area contributed by atoms with Gasteiger partial charge in [0.2, 0.25) is 0 Å². The van der Waals surface area contributed by atoms with Crippen molar-refractivity contribution in [2.45, 2.75) is 111 Å². The van der Waals surface area contributed by atoms with E-state index in [0.29, 0.717) is 0 Å². The van der Waals surface area contributed by atoms with Crippen LogP contribution in [0.3, 0.4) is 0 Å². The number of fused-ring (bicyclic) bond motifs is 2. The van der Waals surface area contributed by atoms with Crippen molar-refractivity contribution in [1.29, 1.82) is 0 Å². The predicted molar refractivity (Wildman–Crippen MR) is 212 cm³/mol. The maximum Gasteiger partial charge on any atom is -0.172 e. The van der Waals surface area contributed by atoms with E-state index in [2.05, 4.69) is 106 Å². The molecule has 5 nitrogen and oxygen atoms in total. The topological polar surface area (TPSA) is 65.6 Å². The molecule has 0 aromatic heterocycles. The molecule has 11 heteroatoms. The van der Waals surface area contributed by atoms with Crippen molar-refractivity contribution in [3.05, 3.63) is 141 Å². The van der Waals surface area contributed by atoms with Crippen molar-refractivity contribution in [3.8, 4) is 11.5 Å². The summed E-state index contributed by atoms with van der Waals surface area (Å²) in [4.78, 5) is 0. The second-order valence-corrected chi connectivity index (χ2v) is 20.4. The van der Waals surface area contributed by atoms with E-state index in [-0.39, 0.29) is 41.9 Å². The zero-order valence-corrected chi connectivity index (χ0v) is 38.9. The van der Waals surface area contributed by atoms with Crippen molar-refractivity contribution < 1.29 is 46.4 Å². The molecular weight excluding hydrogens is 865 g/mol. The normalized spacial score (nSPS) is 12.3. The van der Waals surface area contributed by atoms with Gasteiger partial charge in [-0.25, -0.2) is 36.6 Å². The molecule has 0 aliphatic carbocycles. The van der Waals surface area contributed by atoms with E-state index in [1.54, 1.807) is 0 Å². The Morgan fingerprint density at radius 1 is 0.520 bits per heavy atom. The monoisotopic (exact) mass is 912 g/mol. The minimum absolute atomic E-state index is 0.168. The van der Waals surface area contributed by atoms with Crippen LogP contribution in [0.25, 0.3) is 21.3 Å². The minimum Gasteiger partial charge on any atom is -0.214 e. The number of hydrogen-bond donors (Lipinski definition) is 0. The smallest absolute Gasteiger partial charge is 0.172 e. The molecule has 0 saturated heterocycles. The van der Waals surface area contributed by atoms with Gasteiger partial charge in [-0.05, 0) is 11.1 Å². The molecule has 0 N–H and O–H groups in total. The molecule has 0 radical (unpaired) electrons. The fourth-order valence-electron chi connectivity index (χ4n) is 5.14. The fourth-order valence-corrected chi connectivity index (χ4v) is 5.14. The summed E-state index contributed by atoms with van der Waals surface area (Å²) in [5.41, 5.74) is 4.12. The van der Waals surface area contributed by atoms with E-state index in [9.17, 15) is 0 Å². The van der Waals surface area contributed by atoms with Crippen LogP contribution < -0.4 is 4.74 Å². The van der Waals surface area contributed by atoms with Crippen molar-refractivity contribution in [3.63, 3.8) is 0 Å². The maximum atomic E-state index is 6.82. The first-order valence-corrected chi connectivity index (χ1v) is 29.4. The fraction of sp³-hybridized carbons (Fsp3) is 0.436. The van der Waals surface area contributed by atoms with Crippen LogP contribution in [0.1, 0.15) is 104 Å². The number of nitrogens with zero attached hydrogens (tertiary/aromatic N) is 4. The standard InChI is InChI=1S/C29H42N4O.2C5H5.4ClH.2Zr/c1-17(2)30-27(31-18(3)4)21-13-11-15-23-25(21)34-26-22(14-12-16-24(26)29(23,9)10)28(32-19(5)6)33-20(7)8;2*1-2-4-5-3-1;;;;;;/h11-20,27-28H,1-10H3;2*1-5H;4*1H;;/q-4;2*-1;;;;;2*+2/p-4. The van der Waals surface area contributed by atoms with Crippen molar-refractivity contribution in [2.75, 3.05) is 0 Å². The third kappa shape index (κ3) is 17.2. The SMILES string of the molecule is CC(C)[N-]C([N-]C(C)C)c1cccc2c1Oc1c(C([N-]C(C)C)[N-]C(C)C)cccc1C2(C)C.[Cl][Zr][Cl].[Cl][Zr][Cl].c1cc[cH-]c1.c1cc[cH-]c1. The average molecular weight is 917 g/mol. The number of ether oxygens (including phenoxy) is 1. The molecule has 0 saturated carbocycles. The zero-order valence-electron chi connectivity index (χ0n) is 30.9. The molecule has 0 fully saturated rings. The largest absolute Gasteiger partial charge is 0.214 e. The zero-order chi connectivity index (χ0) is 37.7. The summed E-state index contributed by atoms with van der Waals surface area (Å²) in [6.07, 6.45) is -0.535. The summed E-state index contributed by atoms with van der Waals surface area (Å²) in [5, 5.41) is 19.8. The van der Waals surface area contributed by atoms with Crippen LogP contribution in [-0.4, -0.2) is 24.2 Å². The Kier molecular flexibility index (Phi) is 25.3. The van der Waals surface area contributed by atoms with Crippen molar-refractivity contribution in [1.82, 2.24) is 0 Å². The second kappa shape index (κ2) is 26.5. The number of halogens is 4. The van der Waals surface area contributed by atoms with Gasteiger partial charge in [0.25, 0.3) is 0 Å². The van der Waals surface area contributed by atoms with Crippen LogP contribution in [0.15, 0.2) is 97.1 Å². The third-order valence-electron chi connectivity index (χ3n) is 7.07. The molecule has 50 heavy (non-hydrogen) atoms. The van der Waals surface area contributed by atoms with Gasteiger partial charge in [-0.3, -0.25) is 0 Å². The molecule has 4 aromatic carbocycles. The van der Waals surface area contributed by atoms with E-state index >= 15 is 0 Å². The Balaban J connectivity index is 0.000000639. The van der Waals surface area contributed by atoms with Crippen molar-refractivity contribution >= 4 is 34.1 Å². The Morgan fingerprint density at radius 2 is 0.800 bits per heavy atom. The van der Waals surface area contributed by atoms with Gasteiger partial charge in [0.05, 0.1) is 0 Å². The molecule has 0 atom stereocenters. The van der Waals surface area contributed by atoms with Crippen molar-refractivity contribution in [2.24, 2.45) is 0 Å². The van der Waals surface area contributed by atoms with E-state index in [4.69, 9.17) is 60.1 Å². The van der Waals surface area contributed by atoms with Crippen LogP contribution in [0.2, 0.25) is 0 Å². The Morgan fingerprint density at radius 3 is 1.02 bits per heavy atom. The van der Waals surface area contributed by atoms with Gasteiger partial charge in [0, 0.05) is 16.5 Å². The summed E-state index contributed by atoms with van der Waals surface area (Å²) in [7, 11) is 19.7. The Bertz CT molecular complexity index is 1240. The predicted octanol–water partition coefficient (Wildman–Crippen LogP) is 14.8. The Labute approximate surface area is 340 Å². The summed E-state index contributed by atoms with van der Waals surface area (Å²) < 4.78 is 6.82. The molecule has 5 rings (SSSR count). The van der Waals surface area contributed by atoms with Gasteiger partial charge in [0.1, 0.15) is 11.5 Å². The summed E-state index contributed by atoms with van der Waals surface area (Å²) in [6.45, 7) is 21.3. The Hall–Kier alpha value is -0.294. The second-order valence-electron chi connectivity index (χ2n) is 13.0. The van der Waals surface area contributed by atoms with Gasteiger partial charge < -0.3 is 26.0 Å². The van der Waals surface area contributed by atoms with Gasteiger partial charge in [0.15, 0.2) is 0 Å². The van der Waals surface area contributed by atoms with Gasteiger partial charge in [-0.2, -0.15) is 36.4 Å². The molecule has 4 aromatic rings. The molecular formula is C39H52Cl4N4OZr2-6.